The Morgan fingerprint density at radius 3 is 2.25 bits per heavy atom. The number of nitrogens with zero attached hydrogens (tertiary/aromatic N) is 10. The van der Waals surface area contributed by atoms with Crippen LogP contribution < -0.4 is 10.6 Å². The van der Waals surface area contributed by atoms with Gasteiger partial charge in [-0.3, -0.25) is 4.57 Å². The predicted molar refractivity (Wildman–Crippen MR) is 140 cm³/mol. The van der Waals surface area contributed by atoms with Gasteiger partial charge in [0, 0.05) is 28.3 Å². The molecule has 2 aromatic rings. The number of azide groups is 2. The van der Waals surface area contributed by atoms with Crippen molar-refractivity contribution in [2.75, 3.05) is 13.2 Å². The fourth-order valence-corrected chi connectivity index (χ4v) is 4.82. The second kappa shape index (κ2) is 14.7. The van der Waals surface area contributed by atoms with E-state index in [0.717, 1.165) is 57.8 Å². The van der Waals surface area contributed by atoms with Crippen molar-refractivity contribution in [3.63, 3.8) is 0 Å². The molecular formula is C23H32N12O5. The van der Waals surface area contributed by atoms with E-state index >= 15 is 0 Å². The quantitative estimate of drug-likeness (QED) is 0.114. The maximum atomic E-state index is 12.8. The summed E-state index contributed by atoms with van der Waals surface area (Å²) < 4.78 is 18.0. The normalized spacial score (nSPS) is 16.8. The molecule has 2 saturated carbocycles. The van der Waals surface area contributed by atoms with Crippen LogP contribution in [0.15, 0.2) is 16.6 Å². The summed E-state index contributed by atoms with van der Waals surface area (Å²) in [6, 6.07) is 0.132. The molecule has 2 amide bonds. The van der Waals surface area contributed by atoms with Crippen LogP contribution in [0.5, 0.6) is 0 Å². The van der Waals surface area contributed by atoms with E-state index in [2.05, 4.69) is 45.6 Å². The minimum absolute atomic E-state index is 0.00651. The van der Waals surface area contributed by atoms with E-state index in [9.17, 15) is 9.59 Å². The van der Waals surface area contributed by atoms with Crippen LogP contribution in [0.4, 0.5) is 21.4 Å². The molecule has 4 rings (SSSR count). The fraction of sp³-hybridized carbons (Fsp3) is 0.696. The first-order valence-electron chi connectivity index (χ1n) is 13.4. The highest BCUT2D eigenvalue weighted by Crippen LogP contribution is 2.28. The van der Waals surface area contributed by atoms with Gasteiger partial charge in [0.2, 0.25) is 5.95 Å². The van der Waals surface area contributed by atoms with Crippen molar-refractivity contribution in [1.29, 1.82) is 0 Å². The molecule has 17 nitrogen and oxygen atoms in total. The van der Waals surface area contributed by atoms with Gasteiger partial charge in [-0.15, -0.1) is 0 Å². The van der Waals surface area contributed by atoms with Gasteiger partial charge in [0.1, 0.15) is 11.8 Å². The highest BCUT2D eigenvalue weighted by Gasteiger charge is 2.25. The Labute approximate surface area is 229 Å². The number of hydrogen-bond acceptors (Lipinski definition) is 10. The number of ether oxygens (including phenoxy) is 3. The minimum atomic E-state index is -1.34. The van der Waals surface area contributed by atoms with E-state index in [1.165, 1.54) is 17.3 Å². The molecular weight excluding hydrogens is 524 g/mol. The number of hydrogen-bond donors (Lipinski definition) is 2. The highest BCUT2D eigenvalue weighted by molar-refractivity contribution is 5.82. The molecule has 0 aromatic carbocycles. The van der Waals surface area contributed by atoms with Crippen molar-refractivity contribution in [1.82, 2.24) is 30.2 Å². The molecule has 2 aromatic heterocycles. The van der Waals surface area contributed by atoms with Gasteiger partial charge < -0.3 is 24.8 Å². The van der Waals surface area contributed by atoms with Gasteiger partial charge in [-0.05, 0) is 47.0 Å². The molecule has 2 fully saturated rings. The van der Waals surface area contributed by atoms with Crippen LogP contribution in [0.2, 0.25) is 0 Å². The minimum Gasteiger partial charge on any atom is -0.449 e. The number of carbonyl (C=O) groups is 2. The van der Waals surface area contributed by atoms with Crippen LogP contribution in [0, 0.1) is 0 Å². The molecule has 0 bridgehead atoms. The molecule has 0 spiro atoms. The zero-order valence-electron chi connectivity index (χ0n) is 22.0. The number of nitrogens with one attached hydrogen (secondary N) is 2. The lowest BCUT2D eigenvalue weighted by molar-refractivity contribution is -0.154. The van der Waals surface area contributed by atoms with Gasteiger partial charge >= 0.3 is 12.2 Å². The molecule has 2 aliphatic carbocycles. The largest absolute Gasteiger partial charge is 0.449 e. The van der Waals surface area contributed by atoms with Gasteiger partial charge in [0.25, 0.3) is 6.41 Å². The summed E-state index contributed by atoms with van der Waals surface area (Å²) in [6.45, 7) is 0.143. The zero-order chi connectivity index (χ0) is 28.2. The van der Waals surface area contributed by atoms with Crippen molar-refractivity contribution in [2.24, 2.45) is 10.2 Å². The predicted octanol–water partition coefficient (Wildman–Crippen LogP) is 5.69. The van der Waals surface area contributed by atoms with Gasteiger partial charge in [-0.2, -0.15) is 0 Å². The van der Waals surface area contributed by atoms with E-state index in [4.69, 9.17) is 25.3 Å². The Morgan fingerprint density at radius 1 is 0.950 bits per heavy atom. The van der Waals surface area contributed by atoms with Crippen molar-refractivity contribution in [3.05, 3.63) is 27.2 Å². The molecule has 2 aliphatic rings. The number of fused-ring (bicyclic) bond motifs is 1. The standard InChI is InChI=1S/C23H32N12O5/c24-33-31-18-17-19(30-20(29-18)32-34-25)35(14-26-17)23(40-22(37)28-16-10-5-2-6-11-16)39-13-7-12-38-21(36)27-15-8-3-1-4-9-15/h14-16,23H,1-13H2,(H,27,36)(H,28,37). The smallest absolute Gasteiger partial charge is 0.411 e. The number of carbonyl (C=O) groups excluding carboxylic acids is 2. The molecule has 214 valence electrons. The molecule has 2 heterocycles. The van der Waals surface area contributed by atoms with E-state index in [-0.39, 0.29) is 48.2 Å². The third kappa shape index (κ3) is 8.09. The highest BCUT2D eigenvalue weighted by atomic mass is 16.7. The average Bonchev–Trinajstić information content (AvgIpc) is 3.38. The molecule has 0 radical (unpaired) electrons. The Kier molecular flexibility index (Phi) is 10.6. The first kappa shape index (κ1) is 28.7. The van der Waals surface area contributed by atoms with Crippen molar-refractivity contribution >= 4 is 35.1 Å². The molecule has 0 saturated heterocycles. The van der Waals surface area contributed by atoms with Crippen LogP contribution in [-0.2, 0) is 14.2 Å². The Hall–Kier alpha value is -4.33. The van der Waals surface area contributed by atoms with Crippen LogP contribution in [-0.4, -0.2) is 57.0 Å². The molecule has 1 atom stereocenters. The number of aromatic nitrogens is 4. The van der Waals surface area contributed by atoms with E-state index in [1.54, 1.807) is 0 Å². The summed E-state index contributed by atoms with van der Waals surface area (Å²) in [6.07, 6.45) is 9.25. The SMILES string of the molecule is [N-]=[N+]=Nc1nc(N=[N+]=[N-])c2ncn(C(OCCCOC(=O)NC3CCCCC3)OC(=O)NC3CCCCC3)c2n1. The molecule has 0 aliphatic heterocycles. The summed E-state index contributed by atoms with van der Waals surface area (Å²) >= 11 is 0. The number of imidazole rings is 1. The van der Waals surface area contributed by atoms with Crippen molar-refractivity contribution in [3.8, 4) is 0 Å². The second-order valence-corrected chi connectivity index (χ2v) is 9.58. The third-order valence-corrected chi connectivity index (χ3v) is 6.74. The first-order chi connectivity index (χ1) is 19.6. The van der Waals surface area contributed by atoms with Crippen molar-refractivity contribution in [2.45, 2.75) is 89.1 Å². The lowest BCUT2D eigenvalue weighted by Gasteiger charge is -2.25. The summed E-state index contributed by atoms with van der Waals surface area (Å²) in [7, 11) is 0. The lowest BCUT2D eigenvalue weighted by Crippen LogP contribution is -2.38. The Balaban J connectivity index is 1.43. The van der Waals surface area contributed by atoms with Crippen LogP contribution in [0.3, 0.4) is 0 Å². The zero-order valence-corrected chi connectivity index (χ0v) is 22.0. The second-order valence-electron chi connectivity index (χ2n) is 9.58. The van der Waals surface area contributed by atoms with Crippen LogP contribution in [0.1, 0.15) is 77.0 Å². The van der Waals surface area contributed by atoms with Crippen molar-refractivity contribution < 1.29 is 23.8 Å². The summed E-state index contributed by atoms with van der Waals surface area (Å²) in [5.41, 5.74) is 17.9. The molecule has 40 heavy (non-hydrogen) atoms. The van der Waals surface area contributed by atoms with E-state index in [1.807, 2.05) is 0 Å². The number of amides is 2. The topological polar surface area (TPSA) is 227 Å². The van der Waals surface area contributed by atoms with Gasteiger partial charge in [0.05, 0.1) is 13.2 Å². The maximum Gasteiger partial charge on any atom is 0.411 e. The summed E-state index contributed by atoms with van der Waals surface area (Å²) in [4.78, 5) is 42.5. The van der Waals surface area contributed by atoms with E-state index < -0.39 is 18.6 Å². The average molecular weight is 557 g/mol. The summed E-state index contributed by atoms with van der Waals surface area (Å²) in [5.74, 6) is -0.488. The first-order valence-corrected chi connectivity index (χ1v) is 13.4. The van der Waals surface area contributed by atoms with Crippen LogP contribution in [0.25, 0.3) is 32.0 Å². The third-order valence-electron chi connectivity index (χ3n) is 6.74. The Bertz CT molecular complexity index is 1260. The van der Waals surface area contributed by atoms with Gasteiger partial charge in [-0.1, -0.05) is 38.5 Å². The lowest BCUT2D eigenvalue weighted by atomic mass is 9.96. The van der Waals surface area contributed by atoms with E-state index in [0.29, 0.717) is 6.42 Å². The molecule has 17 heteroatoms. The fourth-order valence-electron chi connectivity index (χ4n) is 4.82. The monoisotopic (exact) mass is 556 g/mol. The maximum absolute atomic E-state index is 12.8. The van der Waals surface area contributed by atoms with Gasteiger partial charge in [0.15, 0.2) is 11.5 Å². The Morgan fingerprint density at radius 2 is 1.60 bits per heavy atom. The van der Waals surface area contributed by atoms with Crippen LogP contribution >= 0.6 is 0 Å². The number of rotatable bonds is 11. The summed E-state index contributed by atoms with van der Waals surface area (Å²) in [5, 5.41) is 12.6. The molecule has 2 N–H and O–H groups in total. The molecule has 1 unspecified atom stereocenters. The van der Waals surface area contributed by atoms with Gasteiger partial charge in [-0.25, -0.2) is 24.5 Å². The number of alkyl carbamates (subject to hydrolysis) is 2.